The zero-order chi connectivity index (χ0) is 14.7. The van der Waals surface area contributed by atoms with Gasteiger partial charge in [0.25, 0.3) is 5.56 Å². The number of aryl methyl sites for hydroxylation is 2. The molecule has 5 nitrogen and oxygen atoms in total. The van der Waals surface area contributed by atoms with Gasteiger partial charge in [-0.15, -0.1) is 11.3 Å². The van der Waals surface area contributed by atoms with Crippen molar-refractivity contribution in [1.29, 1.82) is 0 Å². The van der Waals surface area contributed by atoms with E-state index in [4.69, 9.17) is 0 Å². The summed E-state index contributed by atoms with van der Waals surface area (Å²) in [6, 6.07) is 0. The highest BCUT2D eigenvalue weighted by atomic mass is 32.2. The highest BCUT2D eigenvalue weighted by Gasteiger charge is 2.11. The molecule has 0 aromatic carbocycles. The third-order valence-corrected chi connectivity index (χ3v) is 5.02. The van der Waals surface area contributed by atoms with Crippen LogP contribution in [0.15, 0.2) is 4.79 Å². The first-order valence-corrected chi connectivity index (χ1v) is 8.27. The quantitative estimate of drug-likeness (QED) is 0.828. The SMILES string of the molecule is CC(=O)NCCSCc1nc2sc(C)c(C)c2c(=O)[nH]1. The molecule has 0 bridgehead atoms. The summed E-state index contributed by atoms with van der Waals surface area (Å²) in [5.74, 6) is 2.10. The van der Waals surface area contributed by atoms with Crippen LogP contribution in [-0.4, -0.2) is 28.2 Å². The molecule has 2 aromatic rings. The third-order valence-electron chi connectivity index (χ3n) is 2.95. The highest BCUT2D eigenvalue weighted by molar-refractivity contribution is 7.98. The Balaban J connectivity index is 2.05. The lowest BCUT2D eigenvalue weighted by Crippen LogP contribution is -2.22. The van der Waals surface area contributed by atoms with E-state index in [0.717, 1.165) is 21.0 Å². The van der Waals surface area contributed by atoms with Crippen molar-refractivity contribution in [1.82, 2.24) is 15.3 Å². The van der Waals surface area contributed by atoms with Gasteiger partial charge >= 0.3 is 0 Å². The van der Waals surface area contributed by atoms with Crippen LogP contribution < -0.4 is 10.9 Å². The molecule has 0 spiro atoms. The summed E-state index contributed by atoms with van der Waals surface area (Å²) >= 11 is 3.19. The van der Waals surface area contributed by atoms with E-state index in [0.29, 0.717) is 23.5 Å². The van der Waals surface area contributed by atoms with E-state index in [2.05, 4.69) is 15.3 Å². The Hall–Kier alpha value is -1.34. The average molecular weight is 311 g/mol. The Morgan fingerprint density at radius 3 is 2.90 bits per heavy atom. The van der Waals surface area contributed by atoms with Gasteiger partial charge < -0.3 is 10.3 Å². The molecule has 2 N–H and O–H groups in total. The van der Waals surface area contributed by atoms with Crippen LogP contribution >= 0.6 is 23.1 Å². The Labute approximate surface area is 125 Å². The van der Waals surface area contributed by atoms with Gasteiger partial charge in [0.15, 0.2) is 0 Å². The van der Waals surface area contributed by atoms with Gasteiger partial charge in [-0.1, -0.05) is 0 Å². The summed E-state index contributed by atoms with van der Waals surface area (Å²) in [4.78, 5) is 32.1. The van der Waals surface area contributed by atoms with Gasteiger partial charge in [0.2, 0.25) is 5.91 Å². The van der Waals surface area contributed by atoms with Crippen LogP contribution in [0.3, 0.4) is 0 Å². The summed E-state index contributed by atoms with van der Waals surface area (Å²) < 4.78 is 0. The maximum Gasteiger partial charge on any atom is 0.259 e. The second kappa shape index (κ2) is 6.41. The Morgan fingerprint density at radius 1 is 1.45 bits per heavy atom. The molecule has 0 aliphatic carbocycles. The molecule has 2 rings (SSSR count). The van der Waals surface area contributed by atoms with E-state index in [1.54, 1.807) is 23.1 Å². The molecule has 0 fully saturated rings. The van der Waals surface area contributed by atoms with Crippen molar-refractivity contribution < 1.29 is 4.79 Å². The zero-order valence-electron chi connectivity index (χ0n) is 11.7. The van der Waals surface area contributed by atoms with Gasteiger partial charge in [0.1, 0.15) is 10.7 Å². The number of hydrogen-bond acceptors (Lipinski definition) is 5. The summed E-state index contributed by atoms with van der Waals surface area (Å²) in [6.07, 6.45) is 0. The average Bonchev–Trinajstić information content (AvgIpc) is 2.64. The van der Waals surface area contributed by atoms with E-state index in [-0.39, 0.29) is 11.5 Å². The molecule has 2 aromatic heterocycles. The molecule has 0 saturated carbocycles. The molecule has 20 heavy (non-hydrogen) atoms. The molecule has 0 atom stereocenters. The van der Waals surface area contributed by atoms with Gasteiger partial charge in [-0.2, -0.15) is 11.8 Å². The van der Waals surface area contributed by atoms with Crippen LogP contribution in [0.2, 0.25) is 0 Å². The number of rotatable bonds is 5. The first kappa shape index (κ1) is 15.1. The monoisotopic (exact) mass is 311 g/mol. The zero-order valence-corrected chi connectivity index (χ0v) is 13.3. The maximum atomic E-state index is 12.1. The van der Waals surface area contributed by atoms with E-state index < -0.39 is 0 Å². The summed E-state index contributed by atoms with van der Waals surface area (Å²) in [6.45, 7) is 6.08. The summed E-state index contributed by atoms with van der Waals surface area (Å²) in [5.41, 5.74) is 0.956. The second-order valence-corrected chi connectivity index (χ2v) is 6.82. The number of aromatic amines is 1. The van der Waals surface area contributed by atoms with Gasteiger partial charge in [-0.05, 0) is 19.4 Å². The summed E-state index contributed by atoms with van der Waals surface area (Å²) in [5, 5.41) is 3.44. The number of carbonyl (C=O) groups excluding carboxylic acids is 1. The minimum Gasteiger partial charge on any atom is -0.356 e. The predicted octanol–water partition coefficient (Wildman–Crippen LogP) is 1.97. The fourth-order valence-electron chi connectivity index (χ4n) is 1.84. The van der Waals surface area contributed by atoms with Crippen molar-refractivity contribution in [3.8, 4) is 0 Å². The van der Waals surface area contributed by atoms with Crippen LogP contribution in [0.1, 0.15) is 23.2 Å². The number of thiophene rings is 1. The lowest BCUT2D eigenvalue weighted by atomic mass is 10.2. The first-order chi connectivity index (χ1) is 9.49. The van der Waals surface area contributed by atoms with Crippen molar-refractivity contribution >= 4 is 39.2 Å². The normalized spacial score (nSPS) is 10.9. The molecule has 2 heterocycles. The molecule has 1 amide bonds. The number of hydrogen-bond donors (Lipinski definition) is 2. The Morgan fingerprint density at radius 2 is 2.20 bits per heavy atom. The van der Waals surface area contributed by atoms with Crippen LogP contribution in [0.25, 0.3) is 10.2 Å². The fraction of sp³-hybridized carbons (Fsp3) is 0.462. The molecule has 0 aliphatic heterocycles. The van der Waals surface area contributed by atoms with Crippen molar-refractivity contribution in [2.45, 2.75) is 26.5 Å². The topological polar surface area (TPSA) is 74.8 Å². The third kappa shape index (κ3) is 3.40. The van der Waals surface area contributed by atoms with Crippen LogP contribution in [0.5, 0.6) is 0 Å². The molecule has 0 aliphatic rings. The van der Waals surface area contributed by atoms with Crippen molar-refractivity contribution in [3.05, 3.63) is 26.6 Å². The lowest BCUT2D eigenvalue weighted by molar-refractivity contribution is -0.118. The minimum atomic E-state index is -0.0608. The largest absolute Gasteiger partial charge is 0.356 e. The van der Waals surface area contributed by atoms with Crippen molar-refractivity contribution in [2.75, 3.05) is 12.3 Å². The molecule has 0 radical (unpaired) electrons. The molecule has 7 heteroatoms. The number of fused-ring (bicyclic) bond motifs is 1. The Bertz CT molecular complexity index is 691. The number of carbonyl (C=O) groups is 1. The van der Waals surface area contributed by atoms with Gasteiger partial charge in [0, 0.05) is 24.1 Å². The van der Waals surface area contributed by atoms with E-state index in [9.17, 15) is 9.59 Å². The van der Waals surface area contributed by atoms with Crippen LogP contribution in [0, 0.1) is 13.8 Å². The number of amides is 1. The molecule has 0 saturated heterocycles. The van der Waals surface area contributed by atoms with Gasteiger partial charge in [-0.3, -0.25) is 9.59 Å². The number of H-pyrrole nitrogens is 1. The second-order valence-electron chi connectivity index (χ2n) is 4.51. The molecule has 108 valence electrons. The van der Waals surface area contributed by atoms with Crippen molar-refractivity contribution in [3.63, 3.8) is 0 Å². The smallest absolute Gasteiger partial charge is 0.259 e. The highest BCUT2D eigenvalue weighted by Crippen LogP contribution is 2.26. The maximum absolute atomic E-state index is 12.1. The van der Waals surface area contributed by atoms with Crippen LogP contribution in [0.4, 0.5) is 0 Å². The molecule has 0 unspecified atom stereocenters. The molecular weight excluding hydrogens is 294 g/mol. The standard InChI is InChI=1S/C13H17N3O2S2/c1-7-8(2)20-13-11(7)12(18)15-10(16-13)6-19-5-4-14-9(3)17/h4-6H2,1-3H3,(H,14,17)(H,15,16,18). The number of nitrogens with zero attached hydrogens (tertiary/aromatic N) is 1. The molecular formula is C13H17N3O2S2. The first-order valence-electron chi connectivity index (χ1n) is 6.30. The minimum absolute atomic E-state index is 0.0249. The number of nitrogens with one attached hydrogen (secondary N) is 2. The van der Waals surface area contributed by atoms with E-state index in [1.165, 1.54) is 6.92 Å². The van der Waals surface area contributed by atoms with Gasteiger partial charge in [0.05, 0.1) is 11.1 Å². The predicted molar refractivity (Wildman–Crippen MR) is 84.6 cm³/mol. The van der Waals surface area contributed by atoms with Crippen LogP contribution in [-0.2, 0) is 10.5 Å². The van der Waals surface area contributed by atoms with Crippen molar-refractivity contribution in [2.24, 2.45) is 0 Å². The fourth-order valence-corrected chi connectivity index (χ4v) is 3.61. The van der Waals surface area contributed by atoms with E-state index >= 15 is 0 Å². The number of aromatic nitrogens is 2. The van der Waals surface area contributed by atoms with E-state index in [1.807, 2.05) is 13.8 Å². The summed E-state index contributed by atoms with van der Waals surface area (Å²) in [7, 11) is 0. The Kier molecular flexibility index (Phi) is 4.82. The lowest BCUT2D eigenvalue weighted by Gasteiger charge is -2.02. The number of thioether (sulfide) groups is 1. The van der Waals surface area contributed by atoms with Gasteiger partial charge in [-0.25, -0.2) is 4.98 Å².